The van der Waals surface area contributed by atoms with Gasteiger partial charge in [-0.2, -0.15) is 5.46 Å². The van der Waals surface area contributed by atoms with Crippen LogP contribution in [-0.2, 0) is 0 Å². The van der Waals surface area contributed by atoms with E-state index in [4.69, 9.17) is 0 Å². The topological polar surface area (TPSA) is 0 Å². The van der Waals surface area contributed by atoms with Gasteiger partial charge in [-0.25, -0.2) is 0 Å². The molecule has 0 N–H and O–H groups in total. The summed E-state index contributed by atoms with van der Waals surface area (Å²) in [6.45, 7) is 0. The standard InChI is InChI=1S/C40H32BP/c1-7-19-31(20-8-1)37-38(32-21-9-2-10-22-32)40(34-25-13-4-14-26-34)41(35-27-15-5-16-28-35,42-36-29-17-6-18-30-36)39(37)33-23-11-3-12-24-33/h1-30H,42H2. The molecule has 0 saturated carbocycles. The molecular formula is C40H32BP. The highest BCUT2D eigenvalue weighted by molar-refractivity contribution is 7.96. The summed E-state index contributed by atoms with van der Waals surface area (Å²) in [5.41, 5.74) is 12.1. The number of allylic oxidation sites excluding steroid dienone is 2. The zero-order chi connectivity index (χ0) is 28.2. The van der Waals surface area contributed by atoms with E-state index in [1.165, 1.54) is 55.1 Å². The normalized spacial score (nSPS) is 14.6. The molecule has 6 aromatic carbocycles. The maximum absolute atomic E-state index is 2.37. The van der Waals surface area contributed by atoms with Crippen molar-refractivity contribution in [3.63, 3.8) is 0 Å². The van der Waals surface area contributed by atoms with E-state index in [9.17, 15) is 0 Å². The molecule has 0 saturated heterocycles. The Bertz CT molecular complexity index is 1750. The van der Waals surface area contributed by atoms with E-state index in [-0.39, 0.29) is 8.46 Å². The van der Waals surface area contributed by atoms with Gasteiger partial charge in [0.1, 0.15) is 0 Å². The average Bonchev–Trinajstić information content (AvgIpc) is 3.39. The van der Waals surface area contributed by atoms with E-state index < -0.39 is 5.87 Å². The van der Waals surface area contributed by atoms with E-state index in [2.05, 4.69) is 182 Å². The molecule has 7 rings (SSSR count). The Labute approximate surface area is 250 Å². The van der Waals surface area contributed by atoms with Gasteiger partial charge < -0.3 is 0 Å². The van der Waals surface area contributed by atoms with Crippen molar-refractivity contribution in [1.29, 1.82) is 0 Å². The van der Waals surface area contributed by atoms with Gasteiger partial charge in [0.2, 0.25) is 5.87 Å². The Kier molecular flexibility index (Phi) is 7.27. The zero-order valence-corrected chi connectivity index (χ0v) is 24.6. The fraction of sp³-hybridized carbons (Fsp3) is 0. The van der Waals surface area contributed by atoms with Gasteiger partial charge in [-0.1, -0.05) is 181 Å². The minimum Gasteiger partial charge on any atom is -0.157 e. The summed E-state index contributed by atoms with van der Waals surface area (Å²) in [4.78, 5) is 0. The van der Waals surface area contributed by atoms with Crippen molar-refractivity contribution in [3.8, 4) is 0 Å². The molecule has 0 radical (unpaired) electrons. The van der Waals surface area contributed by atoms with Crippen LogP contribution in [0.25, 0.3) is 22.1 Å². The maximum Gasteiger partial charge on any atom is 0.248 e. The van der Waals surface area contributed by atoms with Gasteiger partial charge in [0.05, 0.1) is 0 Å². The highest BCUT2D eigenvalue weighted by Gasteiger charge is 2.49. The third-order valence-electron chi connectivity index (χ3n) is 8.56. The lowest BCUT2D eigenvalue weighted by atomic mass is 9.33. The molecule has 0 fully saturated rings. The van der Waals surface area contributed by atoms with Crippen molar-refractivity contribution < 1.29 is 0 Å². The van der Waals surface area contributed by atoms with Gasteiger partial charge >= 0.3 is 0 Å². The minimum atomic E-state index is -1.39. The van der Waals surface area contributed by atoms with E-state index in [1.54, 1.807) is 0 Å². The first kappa shape index (κ1) is 26.2. The van der Waals surface area contributed by atoms with Gasteiger partial charge in [-0.15, -0.1) is 19.4 Å². The van der Waals surface area contributed by atoms with Gasteiger partial charge in [-0.05, 0) is 34.4 Å². The summed E-state index contributed by atoms with van der Waals surface area (Å²) in [5.74, 6) is -1.39. The van der Waals surface area contributed by atoms with Crippen LogP contribution < -0.4 is 10.8 Å². The largest absolute Gasteiger partial charge is 0.248 e. The second-order valence-electron chi connectivity index (χ2n) is 11.0. The fourth-order valence-corrected chi connectivity index (χ4v) is 9.42. The summed E-state index contributed by atoms with van der Waals surface area (Å²) >= 11 is 0. The third-order valence-corrected chi connectivity index (χ3v) is 10.9. The van der Waals surface area contributed by atoms with Crippen LogP contribution in [0.1, 0.15) is 22.3 Å². The molecule has 0 aliphatic carbocycles. The molecule has 0 aromatic heterocycles. The zero-order valence-electron chi connectivity index (χ0n) is 23.5. The smallest absolute Gasteiger partial charge is 0.157 e. The highest BCUT2D eigenvalue weighted by atomic mass is 31.1. The van der Waals surface area contributed by atoms with Crippen LogP contribution in [0.15, 0.2) is 182 Å². The first-order chi connectivity index (χ1) is 20.9. The average molecular weight is 554 g/mol. The first-order valence-electron chi connectivity index (χ1n) is 14.7. The Morgan fingerprint density at radius 2 is 0.619 bits per heavy atom. The van der Waals surface area contributed by atoms with Gasteiger partial charge in [0, 0.05) is 5.30 Å². The van der Waals surface area contributed by atoms with Gasteiger partial charge in [-0.3, -0.25) is 0 Å². The van der Waals surface area contributed by atoms with Crippen molar-refractivity contribution in [2.24, 2.45) is 0 Å². The lowest BCUT2D eigenvalue weighted by Crippen LogP contribution is -2.47. The minimum absolute atomic E-state index is 0.212. The Morgan fingerprint density at radius 3 is 1.00 bits per heavy atom. The Hall–Kier alpha value is -4.71. The summed E-state index contributed by atoms with van der Waals surface area (Å²) in [7, 11) is -0.212. The monoisotopic (exact) mass is 554 g/mol. The third kappa shape index (κ3) is 4.67. The molecule has 1 aliphatic heterocycles. The molecule has 200 valence electrons. The van der Waals surface area contributed by atoms with Crippen molar-refractivity contribution in [2.45, 2.75) is 0 Å². The van der Waals surface area contributed by atoms with Crippen molar-refractivity contribution in [3.05, 3.63) is 204 Å². The molecular weight excluding hydrogens is 522 g/mol. The van der Waals surface area contributed by atoms with Gasteiger partial charge in [0.25, 0.3) is 0 Å². The molecule has 0 spiro atoms. The van der Waals surface area contributed by atoms with E-state index in [0.29, 0.717) is 0 Å². The molecule has 42 heavy (non-hydrogen) atoms. The molecule has 0 nitrogen and oxygen atoms in total. The second-order valence-corrected chi connectivity index (χ2v) is 13.0. The summed E-state index contributed by atoms with van der Waals surface area (Å²) in [5, 5.41) is 1.42. The Balaban J connectivity index is 1.72. The molecule has 2 heteroatoms. The molecule has 0 bridgehead atoms. The van der Waals surface area contributed by atoms with Crippen LogP contribution in [0, 0.1) is 0 Å². The summed E-state index contributed by atoms with van der Waals surface area (Å²) in [6.07, 6.45) is 0. The number of hydrogen-bond acceptors (Lipinski definition) is 0. The molecule has 1 aliphatic rings. The highest BCUT2D eigenvalue weighted by Crippen LogP contribution is 2.60. The predicted octanol–water partition coefficient (Wildman–Crippen LogP) is 8.89. The SMILES string of the molecule is c1ccc([PH2+][B-]2(c3ccccc3)C(c3ccccc3)=C(c3ccccc3)C(c3ccccc3)=C2c2ccccc2)cc1. The van der Waals surface area contributed by atoms with E-state index >= 15 is 0 Å². The molecule has 6 aromatic rings. The Morgan fingerprint density at radius 1 is 0.310 bits per heavy atom. The van der Waals surface area contributed by atoms with Crippen LogP contribution in [0.5, 0.6) is 0 Å². The van der Waals surface area contributed by atoms with Crippen LogP contribution in [0.4, 0.5) is 0 Å². The van der Waals surface area contributed by atoms with Crippen LogP contribution in [-0.4, -0.2) is 5.87 Å². The van der Waals surface area contributed by atoms with Crippen molar-refractivity contribution in [1.82, 2.24) is 0 Å². The number of rotatable bonds is 7. The summed E-state index contributed by atoms with van der Waals surface area (Å²) < 4.78 is 0. The van der Waals surface area contributed by atoms with Crippen LogP contribution in [0.3, 0.4) is 0 Å². The van der Waals surface area contributed by atoms with Gasteiger partial charge in [0.15, 0.2) is 0 Å². The molecule has 1 atom stereocenters. The summed E-state index contributed by atoms with van der Waals surface area (Å²) in [6, 6.07) is 66.9. The van der Waals surface area contributed by atoms with E-state index in [0.717, 1.165) is 0 Å². The fourth-order valence-electron chi connectivity index (χ4n) is 6.93. The lowest BCUT2D eigenvalue weighted by molar-refractivity contribution is 1.58. The van der Waals surface area contributed by atoms with Crippen molar-refractivity contribution in [2.75, 3.05) is 0 Å². The van der Waals surface area contributed by atoms with Crippen LogP contribution >= 0.6 is 8.46 Å². The maximum atomic E-state index is 2.37. The molecule has 0 amide bonds. The second kappa shape index (κ2) is 11.7. The van der Waals surface area contributed by atoms with Crippen LogP contribution in [0.2, 0.25) is 0 Å². The molecule has 1 unspecified atom stereocenters. The first-order valence-corrected chi connectivity index (χ1v) is 15.9. The van der Waals surface area contributed by atoms with Crippen molar-refractivity contribution >= 4 is 47.2 Å². The number of hydrogen-bond donors (Lipinski definition) is 0. The lowest BCUT2D eigenvalue weighted by Gasteiger charge is -2.38. The number of benzene rings is 6. The molecule has 1 heterocycles. The predicted molar refractivity (Wildman–Crippen MR) is 187 cm³/mol. The quantitative estimate of drug-likeness (QED) is 0.137. The van der Waals surface area contributed by atoms with E-state index in [1.807, 2.05) is 0 Å².